The Labute approximate surface area is 111 Å². The Kier molecular flexibility index (Phi) is 4.19. The van der Waals surface area contributed by atoms with Gasteiger partial charge in [0.1, 0.15) is 0 Å². The van der Waals surface area contributed by atoms with Crippen molar-refractivity contribution >= 4 is 0 Å². The quantitative estimate of drug-likeness (QED) is 0.700. The molecule has 2 aromatic carbocycles. The molecular formula is C18H22. The van der Waals surface area contributed by atoms with Crippen LogP contribution in [0.5, 0.6) is 0 Å². The summed E-state index contributed by atoms with van der Waals surface area (Å²) in [5, 5.41) is 0. The van der Waals surface area contributed by atoms with E-state index in [0.29, 0.717) is 5.92 Å². The molecule has 1 atom stereocenters. The Morgan fingerprint density at radius 1 is 0.944 bits per heavy atom. The molecule has 0 heterocycles. The molecule has 0 saturated heterocycles. The molecular weight excluding hydrogens is 216 g/mol. The van der Waals surface area contributed by atoms with Crippen LogP contribution in [0.2, 0.25) is 0 Å². The molecule has 94 valence electrons. The average molecular weight is 238 g/mol. The third-order valence-corrected chi connectivity index (χ3v) is 3.67. The van der Waals surface area contributed by atoms with Gasteiger partial charge in [-0.15, -0.1) is 0 Å². The fourth-order valence-corrected chi connectivity index (χ4v) is 2.56. The molecule has 0 N–H and O–H groups in total. The zero-order valence-electron chi connectivity index (χ0n) is 11.6. The molecule has 0 aliphatic carbocycles. The molecule has 18 heavy (non-hydrogen) atoms. The zero-order chi connectivity index (χ0) is 13.0. The first-order valence-electron chi connectivity index (χ1n) is 6.78. The lowest BCUT2D eigenvalue weighted by Crippen LogP contribution is -1.99. The van der Waals surface area contributed by atoms with E-state index in [9.17, 15) is 0 Å². The van der Waals surface area contributed by atoms with E-state index in [4.69, 9.17) is 0 Å². The smallest absolute Gasteiger partial charge is 0.0185 e. The Morgan fingerprint density at radius 3 is 2.33 bits per heavy atom. The normalized spacial score (nSPS) is 12.4. The van der Waals surface area contributed by atoms with Gasteiger partial charge in [0.25, 0.3) is 0 Å². The van der Waals surface area contributed by atoms with Crippen LogP contribution in [-0.4, -0.2) is 0 Å². The van der Waals surface area contributed by atoms with Gasteiger partial charge in [-0.1, -0.05) is 61.0 Å². The summed E-state index contributed by atoms with van der Waals surface area (Å²) in [4.78, 5) is 0. The summed E-state index contributed by atoms with van der Waals surface area (Å²) < 4.78 is 0. The predicted octanol–water partition coefficient (Wildman–Crippen LogP) is 5.04. The topological polar surface area (TPSA) is 0 Å². The second-order valence-corrected chi connectivity index (χ2v) is 5.29. The lowest BCUT2D eigenvalue weighted by molar-refractivity contribution is 0.675. The maximum atomic E-state index is 2.33. The standard InChI is InChI=1S/C18H22/c1-14-9-12-18(16(3)13-14)15(2)10-11-17-7-5-4-6-8-17/h4-9,12-13,15H,10-11H2,1-3H3. The first-order chi connectivity index (χ1) is 8.66. The number of rotatable bonds is 4. The molecule has 0 saturated carbocycles. The van der Waals surface area contributed by atoms with Crippen molar-refractivity contribution in [1.82, 2.24) is 0 Å². The molecule has 2 rings (SSSR count). The predicted molar refractivity (Wildman–Crippen MR) is 79.1 cm³/mol. The van der Waals surface area contributed by atoms with Crippen LogP contribution in [0.25, 0.3) is 0 Å². The number of benzene rings is 2. The first-order valence-corrected chi connectivity index (χ1v) is 6.78. The van der Waals surface area contributed by atoms with Crippen molar-refractivity contribution in [2.45, 2.75) is 39.5 Å². The number of aryl methyl sites for hydroxylation is 3. The molecule has 0 radical (unpaired) electrons. The molecule has 0 heteroatoms. The van der Waals surface area contributed by atoms with Crippen molar-refractivity contribution in [1.29, 1.82) is 0 Å². The highest BCUT2D eigenvalue weighted by Crippen LogP contribution is 2.24. The third kappa shape index (κ3) is 3.22. The molecule has 0 nitrogen and oxygen atoms in total. The minimum Gasteiger partial charge on any atom is -0.0622 e. The second-order valence-electron chi connectivity index (χ2n) is 5.29. The molecule has 0 spiro atoms. The Morgan fingerprint density at radius 2 is 1.67 bits per heavy atom. The highest BCUT2D eigenvalue weighted by atomic mass is 14.1. The highest BCUT2D eigenvalue weighted by Gasteiger charge is 2.08. The second kappa shape index (κ2) is 5.86. The largest absolute Gasteiger partial charge is 0.0622 e. The maximum Gasteiger partial charge on any atom is -0.0185 e. The van der Waals surface area contributed by atoms with Crippen LogP contribution < -0.4 is 0 Å². The van der Waals surface area contributed by atoms with Crippen LogP contribution >= 0.6 is 0 Å². The summed E-state index contributed by atoms with van der Waals surface area (Å²) in [5.74, 6) is 0.630. The first kappa shape index (κ1) is 12.9. The van der Waals surface area contributed by atoms with Crippen molar-refractivity contribution in [2.75, 3.05) is 0 Å². The van der Waals surface area contributed by atoms with Gasteiger partial charge in [-0.2, -0.15) is 0 Å². The van der Waals surface area contributed by atoms with E-state index < -0.39 is 0 Å². The summed E-state index contributed by atoms with van der Waals surface area (Å²) in [6, 6.07) is 17.6. The maximum absolute atomic E-state index is 2.33. The van der Waals surface area contributed by atoms with Crippen molar-refractivity contribution in [3.63, 3.8) is 0 Å². The fourth-order valence-electron chi connectivity index (χ4n) is 2.56. The van der Waals surface area contributed by atoms with Crippen LogP contribution in [0.4, 0.5) is 0 Å². The Bertz CT molecular complexity index is 497. The van der Waals surface area contributed by atoms with Gasteiger partial charge in [0, 0.05) is 0 Å². The van der Waals surface area contributed by atoms with Crippen LogP contribution in [0, 0.1) is 13.8 Å². The minimum absolute atomic E-state index is 0.630. The summed E-state index contributed by atoms with van der Waals surface area (Å²) in [6.45, 7) is 6.72. The molecule has 0 aliphatic rings. The van der Waals surface area contributed by atoms with Gasteiger partial charge in [-0.05, 0) is 49.3 Å². The Hall–Kier alpha value is -1.56. The molecule has 0 bridgehead atoms. The lowest BCUT2D eigenvalue weighted by Gasteiger charge is -2.15. The van der Waals surface area contributed by atoms with Crippen molar-refractivity contribution in [3.05, 3.63) is 70.8 Å². The van der Waals surface area contributed by atoms with E-state index in [1.807, 2.05) is 0 Å². The van der Waals surface area contributed by atoms with E-state index in [1.54, 1.807) is 0 Å². The van der Waals surface area contributed by atoms with Gasteiger partial charge in [0.15, 0.2) is 0 Å². The minimum atomic E-state index is 0.630. The molecule has 0 amide bonds. The molecule has 0 aromatic heterocycles. The van der Waals surface area contributed by atoms with E-state index >= 15 is 0 Å². The number of hydrogen-bond donors (Lipinski definition) is 0. The molecule has 2 aromatic rings. The molecule has 0 fully saturated rings. The number of hydrogen-bond acceptors (Lipinski definition) is 0. The van der Waals surface area contributed by atoms with Crippen LogP contribution in [-0.2, 0) is 6.42 Å². The van der Waals surface area contributed by atoms with E-state index in [2.05, 4.69) is 69.3 Å². The third-order valence-electron chi connectivity index (χ3n) is 3.67. The average Bonchev–Trinajstić information content (AvgIpc) is 2.37. The van der Waals surface area contributed by atoms with Gasteiger partial charge in [-0.25, -0.2) is 0 Å². The van der Waals surface area contributed by atoms with Gasteiger partial charge in [0.2, 0.25) is 0 Å². The Balaban J connectivity index is 2.01. The molecule has 0 aliphatic heterocycles. The lowest BCUT2D eigenvalue weighted by atomic mass is 9.90. The van der Waals surface area contributed by atoms with Crippen LogP contribution in [0.3, 0.4) is 0 Å². The van der Waals surface area contributed by atoms with Crippen LogP contribution in [0.15, 0.2) is 48.5 Å². The van der Waals surface area contributed by atoms with E-state index in [1.165, 1.54) is 28.7 Å². The zero-order valence-corrected chi connectivity index (χ0v) is 11.6. The van der Waals surface area contributed by atoms with Crippen molar-refractivity contribution < 1.29 is 0 Å². The summed E-state index contributed by atoms with van der Waals surface area (Å²) >= 11 is 0. The molecule has 1 unspecified atom stereocenters. The van der Waals surface area contributed by atoms with E-state index in [0.717, 1.165) is 6.42 Å². The van der Waals surface area contributed by atoms with Crippen molar-refractivity contribution in [3.8, 4) is 0 Å². The summed E-state index contributed by atoms with van der Waals surface area (Å²) in [5.41, 5.74) is 5.72. The van der Waals surface area contributed by atoms with Crippen LogP contribution in [0.1, 0.15) is 41.5 Å². The van der Waals surface area contributed by atoms with Gasteiger partial charge < -0.3 is 0 Å². The summed E-state index contributed by atoms with van der Waals surface area (Å²) in [7, 11) is 0. The van der Waals surface area contributed by atoms with Gasteiger partial charge in [0.05, 0.1) is 0 Å². The summed E-state index contributed by atoms with van der Waals surface area (Å²) in [6.07, 6.45) is 2.38. The van der Waals surface area contributed by atoms with Crippen molar-refractivity contribution in [2.24, 2.45) is 0 Å². The van der Waals surface area contributed by atoms with Gasteiger partial charge in [-0.3, -0.25) is 0 Å². The van der Waals surface area contributed by atoms with E-state index in [-0.39, 0.29) is 0 Å². The highest BCUT2D eigenvalue weighted by molar-refractivity contribution is 5.33. The fraction of sp³-hybridized carbons (Fsp3) is 0.333. The van der Waals surface area contributed by atoms with Gasteiger partial charge >= 0.3 is 0 Å². The monoisotopic (exact) mass is 238 g/mol. The SMILES string of the molecule is Cc1ccc(C(C)CCc2ccccc2)c(C)c1.